The Morgan fingerprint density at radius 3 is 2.77 bits per heavy atom. The van der Waals surface area contributed by atoms with Crippen LogP contribution in [0.15, 0.2) is 18.5 Å². The van der Waals surface area contributed by atoms with Crippen molar-refractivity contribution in [3.8, 4) is 0 Å². The van der Waals surface area contributed by atoms with Crippen LogP contribution in [0.25, 0.3) is 0 Å². The van der Waals surface area contributed by atoms with Gasteiger partial charge in [-0.25, -0.2) is 0 Å². The molecule has 0 aromatic carbocycles. The van der Waals surface area contributed by atoms with E-state index in [1.54, 1.807) is 0 Å². The van der Waals surface area contributed by atoms with E-state index in [0.717, 1.165) is 0 Å². The third kappa shape index (κ3) is 2.59. The molecule has 1 saturated heterocycles. The van der Waals surface area contributed by atoms with E-state index in [9.17, 15) is 0 Å². The first-order valence-electron chi connectivity index (χ1n) is 5.29. The second-order valence-corrected chi connectivity index (χ2v) is 3.87. The van der Waals surface area contributed by atoms with Crippen LogP contribution in [0.1, 0.15) is 24.8 Å². The minimum atomic E-state index is 1.20. The van der Waals surface area contributed by atoms with E-state index in [0.29, 0.717) is 0 Å². The van der Waals surface area contributed by atoms with Crippen LogP contribution in [0.4, 0.5) is 0 Å². The van der Waals surface area contributed by atoms with E-state index in [-0.39, 0.29) is 0 Å². The predicted molar refractivity (Wildman–Crippen MR) is 54.8 cm³/mol. The van der Waals surface area contributed by atoms with Gasteiger partial charge in [-0.15, -0.1) is 0 Å². The summed E-state index contributed by atoms with van der Waals surface area (Å²) in [7, 11) is 0. The van der Waals surface area contributed by atoms with Crippen LogP contribution in [0, 0.1) is 0 Å². The van der Waals surface area contributed by atoms with Crippen molar-refractivity contribution in [2.45, 2.75) is 25.7 Å². The third-order valence-corrected chi connectivity index (χ3v) is 2.83. The third-order valence-electron chi connectivity index (χ3n) is 2.83. The molecule has 0 bridgehead atoms. The number of aromatic amines is 1. The molecule has 0 spiro atoms. The molecule has 1 aromatic rings. The van der Waals surface area contributed by atoms with E-state index in [4.69, 9.17) is 0 Å². The lowest BCUT2D eigenvalue weighted by atomic mass is 10.1. The van der Waals surface area contributed by atoms with Crippen LogP contribution in [-0.2, 0) is 6.42 Å². The van der Waals surface area contributed by atoms with E-state index >= 15 is 0 Å². The Balaban J connectivity index is 1.72. The van der Waals surface area contributed by atoms with Gasteiger partial charge in [-0.2, -0.15) is 0 Å². The van der Waals surface area contributed by atoms with Gasteiger partial charge < -0.3 is 9.88 Å². The highest BCUT2D eigenvalue weighted by atomic mass is 15.1. The first kappa shape index (κ1) is 8.82. The highest BCUT2D eigenvalue weighted by molar-refractivity contribution is 5.08. The minimum Gasteiger partial charge on any atom is -0.367 e. The number of nitrogens with one attached hydrogen (secondary N) is 1. The standard InChI is InChI=1S/C11H18N2/c1-2-7-13(8-3-1)9-5-11-4-6-12-10-11/h4,6,10,12H,1-3,5,7-9H2. The molecule has 13 heavy (non-hydrogen) atoms. The number of piperidine rings is 1. The van der Waals surface area contributed by atoms with Gasteiger partial charge in [0.15, 0.2) is 0 Å². The Bertz CT molecular complexity index is 222. The second kappa shape index (κ2) is 4.47. The maximum atomic E-state index is 3.10. The van der Waals surface area contributed by atoms with Crippen molar-refractivity contribution in [1.82, 2.24) is 9.88 Å². The Morgan fingerprint density at radius 1 is 1.23 bits per heavy atom. The number of rotatable bonds is 3. The van der Waals surface area contributed by atoms with Crippen molar-refractivity contribution in [2.24, 2.45) is 0 Å². The number of aromatic nitrogens is 1. The van der Waals surface area contributed by atoms with Gasteiger partial charge in [0, 0.05) is 18.9 Å². The first-order valence-corrected chi connectivity index (χ1v) is 5.29. The Hall–Kier alpha value is -0.760. The zero-order valence-electron chi connectivity index (χ0n) is 8.13. The molecule has 1 aliphatic heterocycles. The summed E-state index contributed by atoms with van der Waals surface area (Å²) in [4.78, 5) is 5.68. The molecule has 1 aromatic heterocycles. The van der Waals surface area contributed by atoms with Crippen molar-refractivity contribution < 1.29 is 0 Å². The molecule has 0 aliphatic carbocycles. The van der Waals surface area contributed by atoms with E-state index in [2.05, 4.69) is 22.1 Å². The molecule has 72 valence electrons. The normalized spacial score (nSPS) is 19.1. The summed E-state index contributed by atoms with van der Waals surface area (Å²) in [6, 6.07) is 2.17. The van der Waals surface area contributed by atoms with Crippen molar-refractivity contribution in [3.05, 3.63) is 24.0 Å². The Labute approximate surface area is 79.9 Å². The second-order valence-electron chi connectivity index (χ2n) is 3.87. The fourth-order valence-corrected chi connectivity index (χ4v) is 1.98. The summed E-state index contributed by atoms with van der Waals surface area (Å²) in [5.41, 5.74) is 1.44. The average molecular weight is 178 g/mol. The molecule has 2 rings (SSSR count). The summed E-state index contributed by atoms with van der Waals surface area (Å²) in [5.74, 6) is 0. The van der Waals surface area contributed by atoms with Crippen molar-refractivity contribution in [1.29, 1.82) is 0 Å². The zero-order chi connectivity index (χ0) is 8.93. The molecule has 2 heteroatoms. The lowest BCUT2D eigenvalue weighted by Gasteiger charge is -2.26. The van der Waals surface area contributed by atoms with Gasteiger partial charge in [0.2, 0.25) is 0 Å². The predicted octanol–water partition coefficient (Wildman–Crippen LogP) is 2.04. The zero-order valence-corrected chi connectivity index (χ0v) is 8.13. The van der Waals surface area contributed by atoms with Crippen molar-refractivity contribution >= 4 is 0 Å². The number of likely N-dealkylation sites (tertiary alicyclic amines) is 1. The summed E-state index contributed by atoms with van der Waals surface area (Å²) < 4.78 is 0. The van der Waals surface area contributed by atoms with Gasteiger partial charge in [-0.3, -0.25) is 0 Å². The Kier molecular flexibility index (Phi) is 3.03. The van der Waals surface area contributed by atoms with Gasteiger partial charge in [0.1, 0.15) is 0 Å². The quantitative estimate of drug-likeness (QED) is 0.750. The van der Waals surface area contributed by atoms with Crippen LogP contribution in [0.5, 0.6) is 0 Å². The molecule has 0 atom stereocenters. The molecule has 1 N–H and O–H groups in total. The van der Waals surface area contributed by atoms with E-state index in [1.807, 2.05) is 6.20 Å². The van der Waals surface area contributed by atoms with Crippen LogP contribution >= 0.6 is 0 Å². The summed E-state index contributed by atoms with van der Waals surface area (Å²) in [6.07, 6.45) is 9.53. The monoisotopic (exact) mass is 178 g/mol. The molecular formula is C11H18N2. The van der Waals surface area contributed by atoms with E-state index < -0.39 is 0 Å². The van der Waals surface area contributed by atoms with Crippen molar-refractivity contribution in [2.75, 3.05) is 19.6 Å². The van der Waals surface area contributed by atoms with Gasteiger partial charge in [-0.05, 0) is 44.0 Å². The molecule has 0 unspecified atom stereocenters. The summed E-state index contributed by atoms with van der Waals surface area (Å²) >= 11 is 0. The fourth-order valence-electron chi connectivity index (χ4n) is 1.98. The molecular weight excluding hydrogens is 160 g/mol. The molecule has 0 amide bonds. The minimum absolute atomic E-state index is 1.20. The number of H-pyrrole nitrogens is 1. The fraction of sp³-hybridized carbons (Fsp3) is 0.636. The van der Waals surface area contributed by atoms with Gasteiger partial charge in [0.25, 0.3) is 0 Å². The number of hydrogen-bond acceptors (Lipinski definition) is 1. The largest absolute Gasteiger partial charge is 0.367 e. The molecule has 0 radical (unpaired) electrons. The highest BCUT2D eigenvalue weighted by Crippen LogP contribution is 2.09. The summed E-state index contributed by atoms with van der Waals surface area (Å²) in [6.45, 7) is 3.85. The topological polar surface area (TPSA) is 19.0 Å². The molecule has 1 fully saturated rings. The SMILES string of the molecule is c1cc(CCN2CCCCC2)c[nH]1. The van der Waals surface area contributed by atoms with Gasteiger partial charge in [-0.1, -0.05) is 6.42 Å². The maximum absolute atomic E-state index is 3.10. The summed E-state index contributed by atoms with van der Waals surface area (Å²) in [5, 5.41) is 0. The van der Waals surface area contributed by atoms with Crippen LogP contribution < -0.4 is 0 Å². The molecule has 0 saturated carbocycles. The lowest BCUT2D eigenvalue weighted by Crippen LogP contribution is -2.31. The van der Waals surface area contributed by atoms with Crippen LogP contribution in [0.2, 0.25) is 0 Å². The van der Waals surface area contributed by atoms with Crippen LogP contribution in [-0.4, -0.2) is 29.5 Å². The van der Waals surface area contributed by atoms with Crippen molar-refractivity contribution in [3.63, 3.8) is 0 Å². The van der Waals surface area contributed by atoms with Gasteiger partial charge in [0.05, 0.1) is 0 Å². The van der Waals surface area contributed by atoms with Gasteiger partial charge >= 0.3 is 0 Å². The smallest absolute Gasteiger partial charge is 0.00378 e. The Morgan fingerprint density at radius 2 is 2.08 bits per heavy atom. The van der Waals surface area contributed by atoms with E-state index in [1.165, 1.54) is 50.9 Å². The molecule has 2 nitrogen and oxygen atoms in total. The maximum Gasteiger partial charge on any atom is 0.00378 e. The molecule has 1 aliphatic rings. The van der Waals surface area contributed by atoms with Crippen LogP contribution in [0.3, 0.4) is 0 Å². The molecule has 2 heterocycles. The number of hydrogen-bond donors (Lipinski definition) is 1. The highest BCUT2D eigenvalue weighted by Gasteiger charge is 2.09. The first-order chi connectivity index (χ1) is 6.45. The average Bonchev–Trinajstić information content (AvgIpc) is 2.69. The number of nitrogens with zero attached hydrogens (tertiary/aromatic N) is 1. The lowest BCUT2D eigenvalue weighted by molar-refractivity contribution is 0.231.